The van der Waals surface area contributed by atoms with Gasteiger partial charge in [0, 0.05) is 50.2 Å². The van der Waals surface area contributed by atoms with Crippen LogP contribution in [-0.4, -0.2) is 70.1 Å². The van der Waals surface area contributed by atoms with Gasteiger partial charge >= 0.3 is 0 Å². The monoisotopic (exact) mass is 505 g/mol. The number of carbonyl (C=O) groups is 1. The molecule has 1 aliphatic rings. The van der Waals surface area contributed by atoms with Crippen molar-refractivity contribution in [3.05, 3.63) is 41.3 Å². The van der Waals surface area contributed by atoms with Crippen LogP contribution < -0.4 is 4.90 Å². The number of aryl methyl sites for hydroxylation is 1. The predicted molar refractivity (Wildman–Crippen MR) is 142 cm³/mol. The number of alkyl halides is 1. The average Bonchev–Trinajstić information content (AvgIpc) is 3.21. The molecule has 0 radical (unpaired) electrons. The highest BCUT2D eigenvalue weighted by atomic mass is 35.5. The van der Waals surface area contributed by atoms with Crippen LogP contribution in [0.4, 0.5) is 10.2 Å². The number of nitrogens with zero attached hydrogens (tertiary/aromatic N) is 5. The van der Waals surface area contributed by atoms with Crippen LogP contribution in [0.15, 0.2) is 24.3 Å². The number of halogens is 2. The van der Waals surface area contributed by atoms with Crippen LogP contribution in [0, 0.1) is 11.2 Å². The molecule has 1 aliphatic heterocycles. The maximum atomic E-state index is 13.7. The van der Waals surface area contributed by atoms with Crippen molar-refractivity contribution in [2.24, 2.45) is 5.41 Å². The molecule has 3 rings (SSSR count). The zero-order chi connectivity index (χ0) is 25.8. The number of piperazine rings is 1. The fourth-order valence-corrected chi connectivity index (χ4v) is 4.78. The Bertz CT molecular complexity index is 980. The molecule has 0 atom stereocenters. The highest BCUT2D eigenvalue weighted by Crippen LogP contribution is 2.32. The number of carbonyl (C=O) groups excluding carboxylic acids is 1. The molecule has 0 saturated carbocycles. The Morgan fingerprint density at radius 2 is 1.77 bits per heavy atom. The lowest BCUT2D eigenvalue weighted by molar-refractivity contribution is -0.139. The normalized spacial score (nSPS) is 15.2. The summed E-state index contributed by atoms with van der Waals surface area (Å²) in [5, 5.41) is 4.99. The van der Waals surface area contributed by atoms with Crippen molar-refractivity contribution < 1.29 is 9.18 Å². The van der Waals surface area contributed by atoms with Gasteiger partial charge in [0.2, 0.25) is 5.91 Å². The maximum absolute atomic E-state index is 13.7. The van der Waals surface area contributed by atoms with Crippen LogP contribution in [0.3, 0.4) is 0 Å². The summed E-state index contributed by atoms with van der Waals surface area (Å²) in [6.07, 6.45) is 1.61. The van der Waals surface area contributed by atoms with Crippen molar-refractivity contribution in [1.82, 2.24) is 19.6 Å². The first-order valence-electron chi connectivity index (χ1n) is 12.8. The number of anilines is 1. The van der Waals surface area contributed by atoms with Crippen LogP contribution in [0.1, 0.15) is 59.2 Å². The largest absolute Gasteiger partial charge is 0.354 e. The molecular formula is C27H41ClFN5O. The van der Waals surface area contributed by atoms with E-state index in [1.807, 2.05) is 23.4 Å². The standard InChI is InChI=1S/C27H41ClFN5O/c1-7-13-33(26(35)27(5,6)19-28)18-23-24(8-2)30-34(22-11-9-21(29)10-12-22)25(23)32-16-14-31(15-17-32)20(3)4/h9-12,20H,7-8,13-19H2,1-6H3. The van der Waals surface area contributed by atoms with Gasteiger partial charge in [-0.3, -0.25) is 9.69 Å². The van der Waals surface area contributed by atoms with E-state index in [-0.39, 0.29) is 17.6 Å². The fourth-order valence-electron chi connectivity index (χ4n) is 4.67. The summed E-state index contributed by atoms with van der Waals surface area (Å²) in [5.74, 6) is 1.06. The Hall–Kier alpha value is -2.12. The summed E-state index contributed by atoms with van der Waals surface area (Å²) in [6.45, 7) is 17.2. The minimum absolute atomic E-state index is 0.0570. The van der Waals surface area contributed by atoms with E-state index in [1.54, 1.807) is 12.1 Å². The van der Waals surface area contributed by atoms with E-state index < -0.39 is 5.41 Å². The number of hydrogen-bond acceptors (Lipinski definition) is 4. The molecule has 0 aliphatic carbocycles. The Morgan fingerprint density at radius 1 is 1.14 bits per heavy atom. The lowest BCUT2D eigenvalue weighted by Gasteiger charge is -2.39. The molecule has 1 fully saturated rings. The highest BCUT2D eigenvalue weighted by molar-refractivity contribution is 6.19. The molecule has 1 aromatic carbocycles. The second kappa shape index (κ2) is 11.7. The van der Waals surface area contributed by atoms with Gasteiger partial charge in [-0.2, -0.15) is 5.10 Å². The summed E-state index contributed by atoms with van der Waals surface area (Å²) in [7, 11) is 0. The Morgan fingerprint density at radius 3 is 2.29 bits per heavy atom. The van der Waals surface area contributed by atoms with Crippen LogP contribution in [0.25, 0.3) is 5.69 Å². The van der Waals surface area contributed by atoms with Crippen LogP contribution >= 0.6 is 11.6 Å². The van der Waals surface area contributed by atoms with Crippen molar-refractivity contribution >= 4 is 23.3 Å². The van der Waals surface area contributed by atoms with E-state index in [1.165, 1.54) is 12.1 Å². The zero-order valence-corrected chi connectivity index (χ0v) is 22.9. The van der Waals surface area contributed by atoms with Crippen molar-refractivity contribution in [2.75, 3.05) is 43.5 Å². The first kappa shape index (κ1) is 27.5. The molecule has 1 saturated heterocycles. The number of hydrogen-bond donors (Lipinski definition) is 0. The Labute approximate surface area is 215 Å². The molecular weight excluding hydrogens is 465 g/mol. The average molecular weight is 506 g/mol. The van der Waals surface area contributed by atoms with E-state index in [2.05, 4.69) is 37.5 Å². The van der Waals surface area contributed by atoms with Gasteiger partial charge in [0.05, 0.1) is 23.3 Å². The fraction of sp³-hybridized carbons (Fsp3) is 0.630. The first-order chi connectivity index (χ1) is 16.6. The molecule has 0 bridgehead atoms. The lowest BCUT2D eigenvalue weighted by atomic mass is 9.94. The predicted octanol–water partition coefficient (Wildman–Crippen LogP) is 5.11. The minimum atomic E-state index is -0.640. The third-order valence-electron chi connectivity index (χ3n) is 6.83. The topological polar surface area (TPSA) is 44.6 Å². The van der Waals surface area contributed by atoms with Crippen LogP contribution in [0.5, 0.6) is 0 Å². The van der Waals surface area contributed by atoms with Gasteiger partial charge < -0.3 is 9.80 Å². The second-order valence-corrected chi connectivity index (χ2v) is 10.6. The quantitative estimate of drug-likeness (QED) is 0.421. The third kappa shape index (κ3) is 6.18. The van der Waals surface area contributed by atoms with Crippen molar-refractivity contribution in [1.29, 1.82) is 0 Å². The Kier molecular flexibility index (Phi) is 9.22. The number of rotatable bonds is 10. The number of benzene rings is 1. The zero-order valence-electron chi connectivity index (χ0n) is 22.2. The van der Waals surface area contributed by atoms with Gasteiger partial charge in [-0.15, -0.1) is 11.6 Å². The molecule has 2 aromatic rings. The summed E-state index contributed by atoms with van der Waals surface area (Å²) >= 11 is 6.18. The molecule has 1 amide bonds. The molecule has 8 heteroatoms. The summed E-state index contributed by atoms with van der Waals surface area (Å²) < 4.78 is 15.7. The van der Waals surface area contributed by atoms with Gasteiger partial charge in [0.1, 0.15) is 11.6 Å². The minimum Gasteiger partial charge on any atom is -0.354 e. The molecule has 2 heterocycles. The SMILES string of the molecule is CCCN(Cc1c(CC)nn(-c2ccc(F)cc2)c1N1CCN(C(C)C)CC1)C(=O)C(C)(C)CCl. The van der Waals surface area contributed by atoms with E-state index in [0.717, 1.165) is 61.8 Å². The van der Waals surface area contributed by atoms with Crippen LogP contribution in [0.2, 0.25) is 0 Å². The highest BCUT2D eigenvalue weighted by Gasteiger charge is 2.34. The number of aromatic nitrogens is 2. The van der Waals surface area contributed by atoms with Crippen molar-refractivity contribution in [3.8, 4) is 5.69 Å². The van der Waals surface area contributed by atoms with Gasteiger partial charge in [-0.1, -0.05) is 13.8 Å². The van der Waals surface area contributed by atoms with E-state index in [4.69, 9.17) is 16.7 Å². The van der Waals surface area contributed by atoms with Crippen molar-refractivity contribution in [2.45, 2.75) is 67.0 Å². The van der Waals surface area contributed by atoms with Crippen molar-refractivity contribution in [3.63, 3.8) is 0 Å². The summed E-state index contributed by atoms with van der Waals surface area (Å²) in [4.78, 5) is 20.3. The van der Waals surface area contributed by atoms with Crippen LogP contribution in [-0.2, 0) is 17.8 Å². The first-order valence-corrected chi connectivity index (χ1v) is 13.4. The van der Waals surface area contributed by atoms with Gasteiger partial charge in [-0.25, -0.2) is 9.07 Å². The van der Waals surface area contributed by atoms with E-state index in [0.29, 0.717) is 19.1 Å². The van der Waals surface area contributed by atoms with Gasteiger partial charge in [0.25, 0.3) is 0 Å². The molecule has 6 nitrogen and oxygen atoms in total. The molecule has 0 unspecified atom stereocenters. The van der Waals surface area contributed by atoms with E-state index in [9.17, 15) is 9.18 Å². The number of amides is 1. The smallest absolute Gasteiger partial charge is 0.229 e. The van der Waals surface area contributed by atoms with Gasteiger partial charge in [-0.05, 0) is 64.8 Å². The van der Waals surface area contributed by atoms with Gasteiger partial charge in [0.15, 0.2) is 0 Å². The summed E-state index contributed by atoms with van der Waals surface area (Å²) in [6, 6.07) is 6.98. The second-order valence-electron chi connectivity index (χ2n) is 10.4. The molecule has 194 valence electrons. The lowest BCUT2D eigenvalue weighted by Crippen LogP contribution is -2.49. The summed E-state index contributed by atoms with van der Waals surface area (Å²) in [5.41, 5.74) is 2.22. The molecule has 0 N–H and O–H groups in total. The molecule has 35 heavy (non-hydrogen) atoms. The third-order valence-corrected chi connectivity index (χ3v) is 7.50. The maximum Gasteiger partial charge on any atom is 0.229 e. The molecule has 0 spiro atoms. The van der Waals surface area contributed by atoms with E-state index >= 15 is 0 Å². The Balaban J connectivity index is 2.08. The molecule has 1 aromatic heterocycles.